The van der Waals surface area contributed by atoms with E-state index in [1.807, 2.05) is 0 Å². The Kier molecular flexibility index (Phi) is 2.71. The van der Waals surface area contributed by atoms with Crippen LogP contribution in [0, 0.1) is 0 Å². The fourth-order valence-electron chi connectivity index (χ4n) is 1.39. The van der Waals surface area contributed by atoms with Crippen molar-refractivity contribution in [2.75, 3.05) is 24.7 Å². The van der Waals surface area contributed by atoms with E-state index in [-0.39, 0.29) is 0 Å². The SMILES string of the molecule is C[C@@H]1COCCN1c1ncc(Cl)s1. The molecule has 0 saturated carbocycles. The smallest absolute Gasteiger partial charge is 0.187 e. The van der Waals surface area contributed by atoms with Crippen LogP contribution in [-0.2, 0) is 4.74 Å². The molecule has 1 saturated heterocycles. The Morgan fingerprint density at radius 1 is 1.77 bits per heavy atom. The maximum Gasteiger partial charge on any atom is 0.187 e. The molecule has 0 unspecified atom stereocenters. The summed E-state index contributed by atoms with van der Waals surface area (Å²) in [5, 5.41) is 1.00. The standard InChI is InChI=1S/C8H11ClN2OS/c1-6-5-12-3-2-11(6)8-10-4-7(9)13-8/h4,6H,2-3,5H2,1H3/t6-/m1/s1. The molecule has 3 nitrogen and oxygen atoms in total. The quantitative estimate of drug-likeness (QED) is 0.721. The van der Waals surface area contributed by atoms with Gasteiger partial charge in [-0.1, -0.05) is 22.9 Å². The summed E-state index contributed by atoms with van der Waals surface area (Å²) in [6.07, 6.45) is 1.70. The van der Waals surface area contributed by atoms with E-state index in [2.05, 4.69) is 16.8 Å². The molecule has 0 aromatic carbocycles. The highest BCUT2D eigenvalue weighted by Gasteiger charge is 2.21. The van der Waals surface area contributed by atoms with Gasteiger partial charge in [-0.05, 0) is 6.92 Å². The zero-order chi connectivity index (χ0) is 9.26. The highest BCUT2D eigenvalue weighted by molar-refractivity contribution is 7.19. The molecule has 1 aliphatic rings. The number of nitrogens with zero attached hydrogens (tertiary/aromatic N) is 2. The van der Waals surface area contributed by atoms with Crippen LogP contribution in [0.3, 0.4) is 0 Å². The molecule has 0 spiro atoms. The molecule has 1 aromatic rings. The molecular formula is C8H11ClN2OS. The molecule has 0 radical (unpaired) electrons. The van der Waals surface area contributed by atoms with Crippen LogP contribution in [0.5, 0.6) is 0 Å². The van der Waals surface area contributed by atoms with Gasteiger partial charge in [-0.25, -0.2) is 4.98 Å². The van der Waals surface area contributed by atoms with Gasteiger partial charge in [-0.2, -0.15) is 0 Å². The third-order valence-corrected chi connectivity index (χ3v) is 3.23. The number of thiazole rings is 1. The summed E-state index contributed by atoms with van der Waals surface area (Å²) in [4.78, 5) is 6.48. The first-order valence-electron chi connectivity index (χ1n) is 4.23. The first-order chi connectivity index (χ1) is 6.27. The van der Waals surface area contributed by atoms with Crippen LogP contribution in [0.1, 0.15) is 6.92 Å². The van der Waals surface area contributed by atoms with Gasteiger partial charge in [0.2, 0.25) is 0 Å². The van der Waals surface area contributed by atoms with Gasteiger partial charge in [-0.15, -0.1) is 0 Å². The molecule has 0 amide bonds. The number of anilines is 1. The molecule has 5 heteroatoms. The van der Waals surface area contributed by atoms with Gasteiger partial charge in [0.25, 0.3) is 0 Å². The van der Waals surface area contributed by atoms with Crippen molar-refractivity contribution < 1.29 is 4.74 Å². The van der Waals surface area contributed by atoms with E-state index in [9.17, 15) is 0 Å². The Labute approximate surface area is 86.3 Å². The second kappa shape index (κ2) is 3.82. The van der Waals surface area contributed by atoms with Crippen molar-refractivity contribution in [1.82, 2.24) is 4.98 Å². The second-order valence-corrected chi connectivity index (χ2v) is 4.70. The van der Waals surface area contributed by atoms with Crippen molar-refractivity contribution in [2.45, 2.75) is 13.0 Å². The number of ether oxygens (including phenoxy) is 1. The van der Waals surface area contributed by atoms with Crippen molar-refractivity contribution in [1.29, 1.82) is 0 Å². The summed E-state index contributed by atoms with van der Waals surface area (Å²) in [5.41, 5.74) is 0. The number of halogens is 1. The maximum absolute atomic E-state index is 5.83. The first kappa shape index (κ1) is 9.24. The van der Waals surface area contributed by atoms with E-state index in [1.165, 1.54) is 11.3 Å². The normalized spacial score (nSPS) is 23.5. The van der Waals surface area contributed by atoms with E-state index in [1.54, 1.807) is 6.20 Å². The van der Waals surface area contributed by atoms with Crippen LogP contribution in [0.4, 0.5) is 5.13 Å². The van der Waals surface area contributed by atoms with E-state index in [4.69, 9.17) is 16.3 Å². The highest BCUT2D eigenvalue weighted by atomic mass is 35.5. The van der Waals surface area contributed by atoms with E-state index >= 15 is 0 Å². The average Bonchev–Trinajstić information content (AvgIpc) is 2.53. The third-order valence-electron chi connectivity index (χ3n) is 2.08. The summed E-state index contributed by atoms with van der Waals surface area (Å²) in [6, 6.07) is 0.399. The van der Waals surface area contributed by atoms with Gasteiger partial charge in [0.1, 0.15) is 4.34 Å². The van der Waals surface area contributed by atoms with Crippen LogP contribution in [0.15, 0.2) is 6.20 Å². The molecule has 1 fully saturated rings. The van der Waals surface area contributed by atoms with E-state index < -0.39 is 0 Å². The Morgan fingerprint density at radius 2 is 2.62 bits per heavy atom. The minimum atomic E-state index is 0.399. The molecule has 0 bridgehead atoms. The van der Waals surface area contributed by atoms with Crippen molar-refractivity contribution in [2.24, 2.45) is 0 Å². The third kappa shape index (κ3) is 1.95. The number of morpholine rings is 1. The lowest BCUT2D eigenvalue weighted by atomic mass is 10.3. The molecule has 2 rings (SSSR count). The first-order valence-corrected chi connectivity index (χ1v) is 5.42. The van der Waals surface area contributed by atoms with Crippen molar-refractivity contribution in [3.63, 3.8) is 0 Å². The van der Waals surface area contributed by atoms with E-state index in [0.717, 1.165) is 29.2 Å². The molecule has 13 heavy (non-hydrogen) atoms. The van der Waals surface area contributed by atoms with Gasteiger partial charge in [0.15, 0.2) is 5.13 Å². The Bertz CT molecular complexity index is 291. The van der Waals surface area contributed by atoms with Crippen molar-refractivity contribution in [3.8, 4) is 0 Å². The minimum absolute atomic E-state index is 0.399. The number of hydrogen-bond acceptors (Lipinski definition) is 4. The lowest BCUT2D eigenvalue weighted by Crippen LogP contribution is -2.43. The molecule has 72 valence electrons. The molecule has 1 aliphatic heterocycles. The number of rotatable bonds is 1. The van der Waals surface area contributed by atoms with Gasteiger partial charge in [0.05, 0.1) is 25.5 Å². The topological polar surface area (TPSA) is 25.4 Å². The Balaban J connectivity index is 2.14. The van der Waals surface area contributed by atoms with Crippen LogP contribution >= 0.6 is 22.9 Å². The fraction of sp³-hybridized carbons (Fsp3) is 0.625. The van der Waals surface area contributed by atoms with Crippen molar-refractivity contribution >= 4 is 28.1 Å². The minimum Gasteiger partial charge on any atom is -0.377 e. The van der Waals surface area contributed by atoms with Crippen molar-refractivity contribution in [3.05, 3.63) is 10.5 Å². The summed E-state index contributed by atoms with van der Waals surface area (Å²) < 4.78 is 6.09. The Hall–Kier alpha value is -0.320. The summed E-state index contributed by atoms with van der Waals surface area (Å²) in [5.74, 6) is 0. The summed E-state index contributed by atoms with van der Waals surface area (Å²) in [7, 11) is 0. The fourth-order valence-corrected chi connectivity index (χ4v) is 2.42. The lowest BCUT2D eigenvalue weighted by molar-refractivity contribution is 0.0989. The summed E-state index contributed by atoms with van der Waals surface area (Å²) >= 11 is 7.35. The Morgan fingerprint density at radius 3 is 3.23 bits per heavy atom. The monoisotopic (exact) mass is 218 g/mol. The molecule has 0 aliphatic carbocycles. The lowest BCUT2D eigenvalue weighted by Gasteiger charge is -2.32. The highest BCUT2D eigenvalue weighted by Crippen LogP contribution is 2.28. The number of hydrogen-bond donors (Lipinski definition) is 0. The molecular weight excluding hydrogens is 208 g/mol. The molecule has 2 heterocycles. The van der Waals surface area contributed by atoms with Crippen LogP contribution in [-0.4, -0.2) is 30.8 Å². The van der Waals surface area contributed by atoms with Crippen LogP contribution < -0.4 is 4.90 Å². The predicted octanol–water partition coefficient (Wildman–Crippen LogP) is 2.02. The number of aromatic nitrogens is 1. The average molecular weight is 219 g/mol. The van der Waals surface area contributed by atoms with Gasteiger partial charge >= 0.3 is 0 Å². The maximum atomic E-state index is 5.83. The molecule has 1 aromatic heterocycles. The molecule has 1 atom stereocenters. The largest absolute Gasteiger partial charge is 0.377 e. The van der Waals surface area contributed by atoms with Crippen LogP contribution in [0.25, 0.3) is 0 Å². The summed E-state index contributed by atoms with van der Waals surface area (Å²) in [6.45, 7) is 4.60. The van der Waals surface area contributed by atoms with E-state index in [0.29, 0.717) is 6.04 Å². The van der Waals surface area contributed by atoms with Gasteiger partial charge in [0, 0.05) is 6.54 Å². The predicted molar refractivity (Wildman–Crippen MR) is 54.8 cm³/mol. The zero-order valence-corrected chi connectivity index (χ0v) is 8.94. The second-order valence-electron chi connectivity index (χ2n) is 3.06. The zero-order valence-electron chi connectivity index (χ0n) is 7.36. The van der Waals surface area contributed by atoms with Gasteiger partial charge in [-0.3, -0.25) is 0 Å². The van der Waals surface area contributed by atoms with Gasteiger partial charge < -0.3 is 9.64 Å². The van der Waals surface area contributed by atoms with Crippen LogP contribution in [0.2, 0.25) is 4.34 Å². The molecule has 0 N–H and O–H groups in total.